The molecule has 0 aromatic heterocycles. The lowest BCUT2D eigenvalue weighted by Crippen LogP contribution is -1.93. The van der Waals surface area contributed by atoms with E-state index in [0.29, 0.717) is 0 Å². The van der Waals surface area contributed by atoms with E-state index in [-0.39, 0.29) is 0 Å². The molecule has 58 valence electrons. The van der Waals surface area contributed by atoms with E-state index in [2.05, 4.69) is 30.8 Å². The van der Waals surface area contributed by atoms with Gasteiger partial charge in [0.25, 0.3) is 0 Å². The molecule has 0 saturated heterocycles. The Kier molecular flexibility index (Phi) is 3.96. The lowest BCUT2D eigenvalue weighted by atomic mass is 10.1. The van der Waals surface area contributed by atoms with Crippen LogP contribution in [0, 0.1) is 0 Å². The molecule has 0 aromatic rings. The summed E-state index contributed by atoms with van der Waals surface area (Å²) in [5.74, 6) is 1.25. The molecule has 1 rings (SSSR count). The first kappa shape index (κ1) is 8.19. The highest BCUT2D eigenvalue weighted by Gasteiger charge is 2.07. The van der Waals surface area contributed by atoms with Crippen molar-refractivity contribution < 1.29 is 0 Å². The smallest absolute Gasteiger partial charge is 0.0230 e. The van der Waals surface area contributed by atoms with Crippen LogP contribution >= 0.6 is 11.8 Å². The largest absolute Gasteiger partial charge is 0.150 e. The van der Waals surface area contributed by atoms with Crippen molar-refractivity contribution in [2.45, 2.75) is 37.9 Å². The molecule has 0 spiro atoms. The Labute approximate surface area is 68.1 Å². The molecule has 10 heavy (non-hydrogen) atoms. The maximum atomic E-state index is 2.36. The van der Waals surface area contributed by atoms with Gasteiger partial charge in [-0.05, 0) is 6.42 Å². The first-order valence-electron chi connectivity index (χ1n) is 4.21. The highest BCUT2D eigenvalue weighted by Crippen LogP contribution is 2.24. The van der Waals surface area contributed by atoms with Gasteiger partial charge in [-0.1, -0.05) is 38.3 Å². The van der Waals surface area contributed by atoms with Gasteiger partial charge in [-0.25, -0.2) is 0 Å². The van der Waals surface area contributed by atoms with Gasteiger partial charge in [0.2, 0.25) is 0 Å². The van der Waals surface area contributed by atoms with Crippen molar-refractivity contribution >= 4 is 11.8 Å². The second-order valence-corrected chi connectivity index (χ2v) is 4.07. The molecule has 1 heteroatoms. The molecule has 0 radical (unpaired) electrons. The van der Waals surface area contributed by atoms with Crippen molar-refractivity contribution in [1.82, 2.24) is 0 Å². The standard InChI is InChI=1S/C9H16S/c1-2-3-4-6-9-7-5-8-10-9/h5,7,9H,2-4,6,8H2,1H3. The summed E-state index contributed by atoms with van der Waals surface area (Å²) >= 11 is 2.08. The van der Waals surface area contributed by atoms with Gasteiger partial charge in [0.15, 0.2) is 0 Å². The first-order valence-corrected chi connectivity index (χ1v) is 5.26. The Hall–Kier alpha value is 0.0900. The number of thioether (sulfide) groups is 1. The quantitative estimate of drug-likeness (QED) is 0.445. The Morgan fingerprint density at radius 1 is 1.50 bits per heavy atom. The van der Waals surface area contributed by atoms with E-state index in [0.717, 1.165) is 5.25 Å². The topological polar surface area (TPSA) is 0 Å². The van der Waals surface area contributed by atoms with Crippen molar-refractivity contribution in [2.75, 3.05) is 5.75 Å². The molecule has 0 nitrogen and oxygen atoms in total. The fourth-order valence-corrected chi connectivity index (χ4v) is 2.24. The minimum Gasteiger partial charge on any atom is -0.150 e. The van der Waals surface area contributed by atoms with E-state index in [9.17, 15) is 0 Å². The number of hydrogen-bond donors (Lipinski definition) is 0. The molecule has 0 aromatic carbocycles. The Bertz CT molecular complexity index is 107. The number of unbranched alkanes of at least 4 members (excludes halogenated alkanes) is 2. The second-order valence-electron chi connectivity index (χ2n) is 2.80. The Balaban J connectivity index is 1.97. The molecule has 1 unspecified atom stereocenters. The monoisotopic (exact) mass is 156 g/mol. The summed E-state index contributed by atoms with van der Waals surface area (Å²) in [5, 5.41) is 0.853. The molecule has 1 heterocycles. The zero-order chi connectivity index (χ0) is 7.23. The van der Waals surface area contributed by atoms with Crippen molar-refractivity contribution in [1.29, 1.82) is 0 Å². The maximum absolute atomic E-state index is 2.36. The summed E-state index contributed by atoms with van der Waals surface area (Å²) in [6.07, 6.45) is 10.2. The van der Waals surface area contributed by atoms with Crippen LogP contribution in [0.15, 0.2) is 12.2 Å². The Morgan fingerprint density at radius 2 is 2.40 bits per heavy atom. The molecule has 0 fully saturated rings. The third kappa shape index (κ3) is 2.78. The normalized spacial score (nSPS) is 23.9. The summed E-state index contributed by atoms with van der Waals surface area (Å²) in [7, 11) is 0. The molecule has 0 saturated carbocycles. The van der Waals surface area contributed by atoms with Gasteiger partial charge in [-0.2, -0.15) is 11.8 Å². The van der Waals surface area contributed by atoms with Crippen LogP contribution in [-0.2, 0) is 0 Å². The van der Waals surface area contributed by atoms with Gasteiger partial charge in [0, 0.05) is 11.0 Å². The zero-order valence-electron chi connectivity index (χ0n) is 6.68. The summed E-state index contributed by atoms with van der Waals surface area (Å²) in [4.78, 5) is 0. The lowest BCUT2D eigenvalue weighted by molar-refractivity contribution is 0.682. The van der Waals surface area contributed by atoms with Crippen LogP contribution in [-0.4, -0.2) is 11.0 Å². The van der Waals surface area contributed by atoms with Crippen molar-refractivity contribution in [3.05, 3.63) is 12.2 Å². The zero-order valence-corrected chi connectivity index (χ0v) is 7.49. The molecule has 0 amide bonds. The predicted molar refractivity (Wildman–Crippen MR) is 49.5 cm³/mol. The molecular weight excluding hydrogens is 140 g/mol. The van der Waals surface area contributed by atoms with Crippen LogP contribution in [0.2, 0.25) is 0 Å². The third-order valence-electron chi connectivity index (χ3n) is 1.85. The number of rotatable bonds is 4. The van der Waals surface area contributed by atoms with Gasteiger partial charge >= 0.3 is 0 Å². The molecule has 0 aliphatic carbocycles. The average molecular weight is 156 g/mol. The van der Waals surface area contributed by atoms with Gasteiger partial charge in [0.1, 0.15) is 0 Å². The fraction of sp³-hybridized carbons (Fsp3) is 0.778. The fourth-order valence-electron chi connectivity index (χ4n) is 1.22. The summed E-state index contributed by atoms with van der Waals surface area (Å²) in [6.45, 7) is 2.26. The Morgan fingerprint density at radius 3 is 3.00 bits per heavy atom. The molecule has 1 atom stereocenters. The average Bonchev–Trinajstić information content (AvgIpc) is 2.41. The summed E-state index contributed by atoms with van der Waals surface area (Å²) in [5.41, 5.74) is 0. The van der Waals surface area contributed by atoms with Crippen molar-refractivity contribution in [3.8, 4) is 0 Å². The van der Waals surface area contributed by atoms with Crippen LogP contribution < -0.4 is 0 Å². The summed E-state index contributed by atoms with van der Waals surface area (Å²) in [6, 6.07) is 0. The maximum Gasteiger partial charge on any atom is 0.0230 e. The van der Waals surface area contributed by atoms with E-state index >= 15 is 0 Å². The SMILES string of the molecule is CCCCCC1C=CCS1. The van der Waals surface area contributed by atoms with Crippen LogP contribution in [0.4, 0.5) is 0 Å². The second kappa shape index (κ2) is 4.84. The first-order chi connectivity index (χ1) is 4.93. The van der Waals surface area contributed by atoms with Crippen LogP contribution in [0.3, 0.4) is 0 Å². The van der Waals surface area contributed by atoms with Gasteiger partial charge in [-0.15, -0.1) is 0 Å². The molecule has 0 bridgehead atoms. The van der Waals surface area contributed by atoms with E-state index in [1.54, 1.807) is 0 Å². The minimum atomic E-state index is 0.853. The minimum absolute atomic E-state index is 0.853. The highest BCUT2D eigenvalue weighted by molar-refractivity contribution is 8.00. The van der Waals surface area contributed by atoms with Gasteiger partial charge in [0.05, 0.1) is 0 Å². The third-order valence-corrected chi connectivity index (χ3v) is 3.06. The van der Waals surface area contributed by atoms with E-state index < -0.39 is 0 Å². The van der Waals surface area contributed by atoms with Crippen LogP contribution in [0.1, 0.15) is 32.6 Å². The van der Waals surface area contributed by atoms with E-state index in [1.165, 1.54) is 31.4 Å². The van der Waals surface area contributed by atoms with Crippen LogP contribution in [0.5, 0.6) is 0 Å². The van der Waals surface area contributed by atoms with Gasteiger partial charge < -0.3 is 0 Å². The molecule has 1 aliphatic heterocycles. The molecular formula is C9H16S. The molecule has 1 aliphatic rings. The van der Waals surface area contributed by atoms with Crippen molar-refractivity contribution in [3.63, 3.8) is 0 Å². The lowest BCUT2D eigenvalue weighted by Gasteiger charge is -2.04. The van der Waals surface area contributed by atoms with Crippen molar-refractivity contribution in [2.24, 2.45) is 0 Å². The van der Waals surface area contributed by atoms with E-state index in [4.69, 9.17) is 0 Å². The van der Waals surface area contributed by atoms with Gasteiger partial charge in [-0.3, -0.25) is 0 Å². The van der Waals surface area contributed by atoms with E-state index in [1.807, 2.05) is 0 Å². The van der Waals surface area contributed by atoms with Crippen LogP contribution in [0.25, 0.3) is 0 Å². The highest BCUT2D eigenvalue weighted by atomic mass is 32.2. The number of hydrogen-bond acceptors (Lipinski definition) is 1. The predicted octanol–water partition coefficient (Wildman–Crippen LogP) is 3.24. The molecule has 0 N–H and O–H groups in total. The summed E-state index contributed by atoms with van der Waals surface area (Å²) < 4.78 is 0.